The molecule has 2 heterocycles. The fourth-order valence-corrected chi connectivity index (χ4v) is 1.72. The number of ether oxygens (including phenoxy) is 1. The summed E-state index contributed by atoms with van der Waals surface area (Å²) < 4.78 is 6.86. The van der Waals surface area contributed by atoms with Crippen LogP contribution in [0.5, 0.6) is 11.6 Å². The van der Waals surface area contributed by atoms with Crippen LogP contribution >= 0.6 is 0 Å². The number of anilines is 1. The molecule has 19 heavy (non-hydrogen) atoms. The van der Waals surface area contributed by atoms with Gasteiger partial charge in [0.1, 0.15) is 6.33 Å². The van der Waals surface area contributed by atoms with Gasteiger partial charge >= 0.3 is 5.69 Å². The minimum absolute atomic E-state index is 0.321. The first-order valence-corrected chi connectivity index (χ1v) is 5.60. The standard InChI is InChI=1S/C12H11N5O2/c1-7-2-3-9(8(13)4-7)19-11-5-10-15-16-12(18)17(10)6-14-11/h2-6H,13H2,1H3,(H,16,18). The Morgan fingerprint density at radius 2 is 2.21 bits per heavy atom. The Balaban J connectivity index is 1.98. The highest BCUT2D eigenvalue weighted by molar-refractivity contribution is 5.55. The molecule has 0 spiro atoms. The number of nitrogens with two attached hydrogens (primary N) is 1. The lowest BCUT2D eigenvalue weighted by atomic mass is 10.2. The predicted molar refractivity (Wildman–Crippen MR) is 69.3 cm³/mol. The van der Waals surface area contributed by atoms with Crippen LogP contribution in [0.3, 0.4) is 0 Å². The quantitative estimate of drug-likeness (QED) is 0.670. The van der Waals surface area contributed by atoms with E-state index in [1.165, 1.54) is 10.7 Å². The van der Waals surface area contributed by atoms with E-state index in [1.54, 1.807) is 12.1 Å². The third-order valence-corrected chi connectivity index (χ3v) is 2.66. The van der Waals surface area contributed by atoms with Crippen molar-refractivity contribution in [2.24, 2.45) is 0 Å². The molecule has 0 saturated carbocycles. The molecular formula is C12H11N5O2. The van der Waals surface area contributed by atoms with Gasteiger partial charge in [-0.15, -0.1) is 0 Å². The summed E-state index contributed by atoms with van der Waals surface area (Å²) in [6.45, 7) is 1.95. The SMILES string of the molecule is Cc1ccc(Oc2cc3n[nH]c(=O)n3cn2)c(N)c1. The molecule has 7 heteroatoms. The Labute approximate surface area is 107 Å². The van der Waals surface area contributed by atoms with Gasteiger partial charge in [-0.2, -0.15) is 5.10 Å². The van der Waals surface area contributed by atoms with Crippen molar-refractivity contribution in [2.75, 3.05) is 5.73 Å². The molecule has 0 radical (unpaired) electrons. The molecule has 3 aromatic rings. The van der Waals surface area contributed by atoms with E-state index >= 15 is 0 Å². The van der Waals surface area contributed by atoms with E-state index in [-0.39, 0.29) is 5.69 Å². The first-order chi connectivity index (χ1) is 9.13. The van der Waals surface area contributed by atoms with Gasteiger partial charge < -0.3 is 10.5 Å². The number of fused-ring (bicyclic) bond motifs is 1. The summed E-state index contributed by atoms with van der Waals surface area (Å²) >= 11 is 0. The number of rotatable bonds is 2. The molecule has 3 rings (SSSR count). The van der Waals surface area contributed by atoms with Crippen molar-refractivity contribution >= 4 is 11.3 Å². The van der Waals surface area contributed by atoms with Crippen molar-refractivity contribution < 1.29 is 4.74 Å². The van der Waals surface area contributed by atoms with Crippen LogP contribution in [0.2, 0.25) is 0 Å². The van der Waals surface area contributed by atoms with Gasteiger partial charge in [-0.1, -0.05) is 6.07 Å². The molecular weight excluding hydrogens is 246 g/mol. The fourth-order valence-electron chi connectivity index (χ4n) is 1.72. The molecule has 96 valence electrons. The van der Waals surface area contributed by atoms with Crippen molar-refractivity contribution in [3.05, 3.63) is 46.6 Å². The Kier molecular flexibility index (Phi) is 2.45. The summed E-state index contributed by atoms with van der Waals surface area (Å²) in [6.07, 6.45) is 1.35. The molecule has 0 saturated heterocycles. The molecule has 0 atom stereocenters. The van der Waals surface area contributed by atoms with Crippen molar-refractivity contribution in [3.8, 4) is 11.6 Å². The summed E-state index contributed by atoms with van der Waals surface area (Å²) in [5.41, 5.74) is 7.52. The highest BCUT2D eigenvalue weighted by Crippen LogP contribution is 2.26. The molecule has 0 bridgehead atoms. The number of hydrogen-bond acceptors (Lipinski definition) is 5. The van der Waals surface area contributed by atoms with Crippen LogP contribution in [0.15, 0.2) is 35.4 Å². The summed E-state index contributed by atoms with van der Waals surface area (Å²) in [5, 5.41) is 6.15. The number of benzene rings is 1. The summed E-state index contributed by atoms with van der Waals surface area (Å²) in [7, 11) is 0. The molecule has 3 N–H and O–H groups in total. The van der Waals surface area contributed by atoms with Gasteiger partial charge in [0, 0.05) is 6.07 Å². The topological polar surface area (TPSA) is 98.3 Å². The van der Waals surface area contributed by atoms with Gasteiger partial charge in [-0.25, -0.2) is 19.3 Å². The molecule has 0 fully saturated rings. The van der Waals surface area contributed by atoms with Crippen molar-refractivity contribution in [3.63, 3.8) is 0 Å². The van der Waals surface area contributed by atoms with Gasteiger partial charge in [-0.05, 0) is 24.6 Å². The molecule has 1 aromatic carbocycles. The molecule has 0 aliphatic rings. The van der Waals surface area contributed by atoms with Crippen molar-refractivity contribution in [1.82, 2.24) is 19.6 Å². The minimum atomic E-state index is -0.344. The van der Waals surface area contributed by atoms with Gasteiger partial charge in [-0.3, -0.25) is 0 Å². The van der Waals surface area contributed by atoms with E-state index < -0.39 is 0 Å². The lowest BCUT2D eigenvalue weighted by molar-refractivity contribution is 0.464. The van der Waals surface area contributed by atoms with E-state index in [2.05, 4.69) is 15.2 Å². The van der Waals surface area contributed by atoms with Crippen LogP contribution in [-0.4, -0.2) is 19.6 Å². The molecule has 0 unspecified atom stereocenters. The van der Waals surface area contributed by atoms with Crippen molar-refractivity contribution in [2.45, 2.75) is 6.92 Å². The maximum Gasteiger partial charge on any atom is 0.348 e. The Morgan fingerprint density at radius 1 is 1.37 bits per heavy atom. The molecule has 0 aliphatic carbocycles. The zero-order valence-corrected chi connectivity index (χ0v) is 10.1. The summed E-state index contributed by atoms with van der Waals surface area (Å²) in [6, 6.07) is 7.03. The van der Waals surface area contributed by atoms with Crippen LogP contribution in [0.4, 0.5) is 5.69 Å². The zero-order chi connectivity index (χ0) is 13.4. The first-order valence-electron chi connectivity index (χ1n) is 5.60. The number of nitrogens with zero attached hydrogens (tertiary/aromatic N) is 3. The number of nitrogens with one attached hydrogen (secondary N) is 1. The number of aromatic nitrogens is 4. The monoisotopic (exact) mass is 257 g/mol. The average molecular weight is 257 g/mol. The number of nitrogen functional groups attached to an aromatic ring is 1. The van der Waals surface area contributed by atoms with Gasteiger partial charge in [0.05, 0.1) is 5.69 Å². The molecule has 7 nitrogen and oxygen atoms in total. The largest absolute Gasteiger partial charge is 0.437 e. The Morgan fingerprint density at radius 3 is 3.00 bits per heavy atom. The predicted octanol–water partition coefficient (Wildman–Crippen LogP) is 1.10. The van der Waals surface area contributed by atoms with E-state index in [0.717, 1.165) is 5.56 Å². The third kappa shape index (κ3) is 2.01. The van der Waals surface area contributed by atoms with E-state index in [1.807, 2.05) is 19.1 Å². The number of H-pyrrole nitrogens is 1. The summed E-state index contributed by atoms with van der Waals surface area (Å²) in [5.74, 6) is 0.836. The second-order valence-electron chi connectivity index (χ2n) is 4.13. The lowest BCUT2D eigenvalue weighted by Crippen LogP contribution is -2.09. The van der Waals surface area contributed by atoms with E-state index in [9.17, 15) is 4.79 Å². The second kappa shape index (κ2) is 4.13. The highest BCUT2D eigenvalue weighted by atomic mass is 16.5. The molecule has 0 amide bonds. The van der Waals surface area contributed by atoms with Gasteiger partial charge in [0.25, 0.3) is 0 Å². The second-order valence-corrected chi connectivity index (χ2v) is 4.13. The highest BCUT2D eigenvalue weighted by Gasteiger charge is 2.06. The fraction of sp³-hybridized carbons (Fsp3) is 0.0833. The first kappa shape index (κ1) is 11.3. The van der Waals surface area contributed by atoms with E-state index in [0.29, 0.717) is 23.0 Å². The van der Waals surface area contributed by atoms with Crippen LogP contribution < -0.4 is 16.2 Å². The molecule has 2 aromatic heterocycles. The maximum atomic E-state index is 11.3. The Bertz CT molecular complexity index is 805. The van der Waals surface area contributed by atoms with Gasteiger partial charge in [0.15, 0.2) is 11.4 Å². The lowest BCUT2D eigenvalue weighted by Gasteiger charge is -2.07. The van der Waals surface area contributed by atoms with E-state index in [4.69, 9.17) is 10.5 Å². The zero-order valence-electron chi connectivity index (χ0n) is 10.1. The van der Waals surface area contributed by atoms with Crippen LogP contribution in [0, 0.1) is 6.92 Å². The van der Waals surface area contributed by atoms with Crippen LogP contribution in [0.1, 0.15) is 5.56 Å². The number of aromatic amines is 1. The normalized spacial score (nSPS) is 10.8. The summed E-state index contributed by atoms with van der Waals surface area (Å²) in [4.78, 5) is 15.3. The number of hydrogen-bond donors (Lipinski definition) is 2. The van der Waals surface area contributed by atoms with Crippen LogP contribution in [0.25, 0.3) is 5.65 Å². The minimum Gasteiger partial charge on any atom is -0.437 e. The Hall–Kier alpha value is -2.83. The number of aryl methyl sites for hydroxylation is 1. The third-order valence-electron chi connectivity index (χ3n) is 2.66. The maximum absolute atomic E-state index is 11.3. The van der Waals surface area contributed by atoms with Crippen LogP contribution in [-0.2, 0) is 0 Å². The average Bonchev–Trinajstić information content (AvgIpc) is 2.74. The van der Waals surface area contributed by atoms with Gasteiger partial charge in [0.2, 0.25) is 5.88 Å². The molecule has 0 aliphatic heterocycles. The van der Waals surface area contributed by atoms with Crippen molar-refractivity contribution in [1.29, 1.82) is 0 Å². The smallest absolute Gasteiger partial charge is 0.348 e.